The van der Waals surface area contributed by atoms with Crippen molar-refractivity contribution in [1.29, 1.82) is 0 Å². The van der Waals surface area contributed by atoms with Gasteiger partial charge in [0, 0.05) is 12.1 Å². The molecule has 106 valence electrons. The van der Waals surface area contributed by atoms with Gasteiger partial charge in [-0.1, -0.05) is 50.1 Å². The van der Waals surface area contributed by atoms with E-state index in [-0.39, 0.29) is 12.1 Å². The molecule has 2 heteroatoms. The Morgan fingerprint density at radius 2 is 1.95 bits per heavy atom. The molecule has 2 rings (SSSR count). The van der Waals surface area contributed by atoms with Gasteiger partial charge in [0.25, 0.3) is 0 Å². The summed E-state index contributed by atoms with van der Waals surface area (Å²) < 4.78 is 0. The first kappa shape index (κ1) is 14.5. The summed E-state index contributed by atoms with van der Waals surface area (Å²) in [7, 11) is 0. The highest BCUT2D eigenvalue weighted by molar-refractivity contribution is 5.19. The summed E-state index contributed by atoms with van der Waals surface area (Å²) in [5.74, 6) is 0. The highest BCUT2D eigenvalue weighted by Gasteiger charge is 2.29. The van der Waals surface area contributed by atoms with Gasteiger partial charge in [0.05, 0.1) is 6.10 Å². The Kier molecular flexibility index (Phi) is 5.41. The van der Waals surface area contributed by atoms with Crippen molar-refractivity contribution in [2.45, 2.75) is 64.1 Å². The van der Waals surface area contributed by atoms with E-state index in [1.165, 1.54) is 25.7 Å². The summed E-state index contributed by atoms with van der Waals surface area (Å²) in [5.41, 5.74) is 1.05. The van der Waals surface area contributed by atoms with E-state index in [2.05, 4.69) is 18.7 Å². The van der Waals surface area contributed by atoms with E-state index < -0.39 is 0 Å². The van der Waals surface area contributed by atoms with Crippen LogP contribution >= 0.6 is 0 Å². The molecule has 1 N–H and O–H groups in total. The lowest BCUT2D eigenvalue weighted by atomic mass is 9.97. The Bertz CT molecular complexity index is 365. The number of aliphatic hydroxyl groups is 1. The van der Waals surface area contributed by atoms with Crippen LogP contribution in [0.25, 0.3) is 0 Å². The maximum atomic E-state index is 10.7. The fourth-order valence-corrected chi connectivity index (χ4v) is 3.30. The van der Waals surface area contributed by atoms with Crippen LogP contribution in [0.1, 0.15) is 57.6 Å². The first-order valence-electron chi connectivity index (χ1n) is 7.72. The Morgan fingerprint density at radius 1 is 1.21 bits per heavy atom. The Hall–Kier alpha value is -0.860. The first-order chi connectivity index (χ1) is 9.24. The molecular formula is C17H27NO. The summed E-state index contributed by atoms with van der Waals surface area (Å²) in [4.78, 5) is 2.53. The fourth-order valence-electron chi connectivity index (χ4n) is 3.30. The molecule has 1 aromatic rings. The molecule has 1 aliphatic rings. The van der Waals surface area contributed by atoms with E-state index in [4.69, 9.17) is 0 Å². The second-order valence-corrected chi connectivity index (χ2v) is 5.77. The third kappa shape index (κ3) is 3.58. The number of rotatable bonds is 4. The lowest BCUT2D eigenvalue weighted by Crippen LogP contribution is -2.44. The minimum Gasteiger partial charge on any atom is -0.387 e. The molecule has 0 amide bonds. The van der Waals surface area contributed by atoms with Crippen LogP contribution in [0.2, 0.25) is 0 Å². The predicted molar refractivity (Wildman–Crippen MR) is 80.1 cm³/mol. The molecule has 0 bridgehead atoms. The topological polar surface area (TPSA) is 23.5 Å². The minimum atomic E-state index is -0.369. The lowest BCUT2D eigenvalue weighted by molar-refractivity contribution is 0.0258. The quantitative estimate of drug-likeness (QED) is 0.892. The van der Waals surface area contributed by atoms with Crippen molar-refractivity contribution in [3.8, 4) is 0 Å². The van der Waals surface area contributed by atoms with Gasteiger partial charge >= 0.3 is 0 Å². The summed E-state index contributed by atoms with van der Waals surface area (Å²) in [6, 6.07) is 10.9. The van der Waals surface area contributed by atoms with Crippen molar-refractivity contribution < 1.29 is 5.11 Å². The highest BCUT2D eigenvalue weighted by atomic mass is 16.3. The molecule has 0 aromatic heterocycles. The van der Waals surface area contributed by atoms with E-state index in [0.29, 0.717) is 6.04 Å². The smallest absolute Gasteiger partial charge is 0.0945 e. The number of nitrogens with zero attached hydrogens (tertiary/aromatic N) is 1. The van der Waals surface area contributed by atoms with E-state index in [1.54, 1.807) is 0 Å². The van der Waals surface area contributed by atoms with Crippen molar-refractivity contribution >= 4 is 0 Å². The molecule has 1 fully saturated rings. The fraction of sp³-hybridized carbons (Fsp3) is 0.647. The molecule has 0 spiro atoms. The molecule has 3 atom stereocenters. The average molecular weight is 261 g/mol. The molecular weight excluding hydrogens is 234 g/mol. The van der Waals surface area contributed by atoms with Gasteiger partial charge in [0.15, 0.2) is 0 Å². The third-order valence-corrected chi connectivity index (χ3v) is 4.45. The SMILES string of the molecule is CCC(C(O)c1ccccc1)N1CCCCCC1C. The monoisotopic (exact) mass is 261 g/mol. The zero-order valence-corrected chi connectivity index (χ0v) is 12.3. The van der Waals surface area contributed by atoms with Gasteiger partial charge < -0.3 is 5.11 Å². The predicted octanol–water partition coefficient (Wildman–Crippen LogP) is 3.76. The Morgan fingerprint density at radius 3 is 2.63 bits per heavy atom. The number of hydrogen-bond acceptors (Lipinski definition) is 2. The van der Waals surface area contributed by atoms with Crippen LogP contribution in [0.5, 0.6) is 0 Å². The summed E-state index contributed by atoms with van der Waals surface area (Å²) in [6.07, 6.45) is 5.82. The van der Waals surface area contributed by atoms with Crippen molar-refractivity contribution in [3.63, 3.8) is 0 Å². The number of hydrogen-bond donors (Lipinski definition) is 1. The highest BCUT2D eigenvalue weighted by Crippen LogP contribution is 2.28. The standard InChI is InChI=1S/C17H27NO/c1-3-16(17(19)15-11-7-4-8-12-15)18-13-9-5-6-10-14(18)2/h4,7-8,11-12,14,16-17,19H,3,5-6,9-10,13H2,1-2H3. The largest absolute Gasteiger partial charge is 0.387 e. The average Bonchev–Trinajstić information content (AvgIpc) is 2.66. The first-order valence-corrected chi connectivity index (χ1v) is 7.72. The van der Waals surface area contributed by atoms with E-state index in [1.807, 2.05) is 30.3 Å². The maximum absolute atomic E-state index is 10.7. The lowest BCUT2D eigenvalue weighted by Gasteiger charge is -2.37. The molecule has 1 aliphatic heterocycles. The zero-order valence-electron chi connectivity index (χ0n) is 12.3. The van der Waals surface area contributed by atoms with Gasteiger partial charge in [-0.3, -0.25) is 4.90 Å². The summed E-state index contributed by atoms with van der Waals surface area (Å²) >= 11 is 0. The van der Waals surface area contributed by atoms with E-state index >= 15 is 0 Å². The van der Waals surface area contributed by atoms with Crippen molar-refractivity contribution in [3.05, 3.63) is 35.9 Å². The van der Waals surface area contributed by atoms with Crippen LogP contribution in [-0.4, -0.2) is 28.6 Å². The van der Waals surface area contributed by atoms with Crippen LogP contribution in [-0.2, 0) is 0 Å². The molecule has 1 saturated heterocycles. The van der Waals surface area contributed by atoms with E-state index in [9.17, 15) is 5.11 Å². The van der Waals surface area contributed by atoms with Crippen molar-refractivity contribution in [1.82, 2.24) is 4.90 Å². The molecule has 2 nitrogen and oxygen atoms in total. The normalized spacial score (nSPS) is 24.7. The number of benzene rings is 1. The minimum absolute atomic E-state index is 0.246. The van der Waals surface area contributed by atoms with Crippen LogP contribution < -0.4 is 0 Å². The molecule has 0 saturated carbocycles. The summed E-state index contributed by atoms with van der Waals surface area (Å²) in [6.45, 7) is 5.63. The molecule has 1 heterocycles. The van der Waals surface area contributed by atoms with Gasteiger partial charge in [0.1, 0.15) is 0 Å². The Balaban J connectivity index is 2.14. The van der Waals surface area contributed by atoms with Crippen molar-refractivity contribution in [2.75, 3.05) is 6.54 Å². The zero-order chi connectivity index (χ0) is 13.7. The molecule has 3 unspecified atom stereocenters. The summed E-state index contributed by atoms with van der Waals surface area (Å²) in [5, 5.41) is 10.7. The third-order valence-electron chi connectivity index (χ3n) is 4.45. The number of likely N-dealkylation sites (tertiary alicyclic amines) is 1. The van der Waals surface area contributed by atoms with Gasteiger partial charge in [-0.15, -0.1) is 0 Å². The number of aliphatic hydroxyl groups excluding tert-OH is 1. The van der Waals surface area contributed by atoms with Crippen LogP contribution in [0.4, 0.5) is 0 Å². The molecule has 19 heavy (non-hydrogen) atoms. The van der Waals surface area contributed by atoms with Gasteiger partial charge in [-0.2, -0.15) is 0 Å². The molecule has 0 radical (unpaired) electrons. The molecule has 1 aromatic carbocycles. The second kappa shape index (κ2) is 7.06. The maximum Gasteiger partial charge on any atom is 0.0945 e. The van der Waals surface area contributed by atoms with Gasteiger partial charge in [0.2, 0.25) is 0 Å². The van der Waals surface area contributed by atoms with Crippen LogP contribution in [0, 0.1) is 0 Å². The van der Waals surface area contributed by atoms with Gasteiger partial charge in [-0.05, 0) is 38.3 Å². The van der Waals surface area contributed by atoms with E-state index in [0.717, 1.165) is 18.5 Å². The molecule has 0 aliphatic carbocycles. The second-order valence-electron chi connectivity index (χ2n) is 5.77. The van der Waals surface area contributed by atoms with Crippen LogP contribution in [0.3, 0.4) is 0 Å². The van der Waals surface area contributed by atoms with Gasteiger partial charge in [-0.25, -0.2) is 0 Å². The van der Waals surface area contributed by atoms with Crippen LogP contribution in [0.15, 0.2) is 30.3 Å². The van der Waals surface area contributed by atoms with Crippen molar-refractivity contribution in [2.24, 2.45) is 0 Å². The Labute approximate surface area is 117 Å².